The molecule has 0 radical (unpaired) electrons. The summed E-state index contributed by atoms with van der Waals surface area (Å²) in [4.78, 5) is 29.9. The molecule has 4 rings (SSSR count). The van der Waals surface area contributed by atoms with Gasteiger partial charge >= 0.3 is 11.8 Å². The Morgan fingerprint density at radius 1 is 1.12 bits per heavy atom. The van der Waals surface area contributed by atoms with Crippen LogP contribution in [0.15, 0.2) is 54.7 Å². The van der Waals surface area contributed by atoms with Gasteiger partial charge in [0.2, 0.25) is 5.82 Å². The number of pyridine rings is 1. The molecule has 8 heteroatoms. The Morgan fingerprint density at radius 2 is 1.82 bits per heavy atom. The van der Waals surface area contributed by atoms with Gasteiger partial charge < -0.3 is 15.0 Å². The van der Waals surface area contributed by atoms with E-state index in [9.17, 15) is 14.9 Å². The molecule has 1 amide bonds. The second kappa shape index (κ2) is 9.05. The third-order valence-corrected chi connectivity index (χ3v) is 5.65. The van der Waals surface area contributed by atoms with Crippen molar-refractivity contribution < 1.29 is 14.5 Å². The van der Waals surface area contributed by atoms with Crippen LogP contribution in [-0.4, -0.2) is 45.6 Å². The van der Waals surface area contributed by atoms with Crippen LogP contribution in [0.4, 0.5) is 16.3 Å². The normalized spacial score (nSPS) is 14.8. The summed E-state index contributed by atoms with van der Waals surface area (Å²) in [5.74, 6) is 0.251. The Labute approximate surface area is 192 Å². The van der Waals surface area contributed by atoms with Gasteiger partial charge in [0.15, 0.2) is 0 Å². The summed E-state index contributed by atoms with van der Waals surface area (Å²) in [5.41, 5.74) is 0.710. The quantitative estimate of drug-likeness (QED) is 0.411. The van der Waals surface area contributed by atoms with Gasteiger partial charge in [0.25, 0.3) is 0 Å². The number of hydrogen-bond acceptors (Lipinski definition) is 6. The number of anilines is 1. The SMILES string of the molecule is CC(C)(C)OC(=O)N1CCC(Nc2nccc(-c3ccc4ccccc4c3)c2[N+](=O)[O-])CC1. The molecule has 1 fully saturated rings. The minimum Gasteiger partial charge on any atom is -0.444 e. The first-order chi connectivity index (χ1) is 15.7. The van der Waals surface area contributed by atoms with Crippen molar-refractivity contribution in [2.45, 2.75) is 45.3 Å². The van der Waals surface area contributed by atoms with Crippen molar-refractivity contribution in [2.75, 3.05) is 18.4 Å². The lowest BCUT2D eigenvalue weighted by Gasteiger charge is -2.33. The molecule has 0 saturated carbocycles. The molecule has 2 aromatic carbocycles. The molecule has 1 aliphatic rings. The van der Waals surface area contributed by atoms with Crippen LogP contribution in [0.2, 0.25) is 0 Å². The van der Waals surface area contributed by atoms with Crippen molar-refractivity contribution in [1.29, 1.82) is 0 Å². The number of benzene rings is 2. The van der Waals surface area contributed by atoms with E-state index in [4.69, 9.17) is 4.74 Å². The van der Waals surface area contributed by atoms with Crippen LogP contribution in [0, 0.1) is 10.1 Å². The van der Waals surface area contributed by atoms with Gasteiger partial charge in [0.05, 0.1) is 10.5 Å². The van der Waals surface area contributed by atoms with Gasteiger partial charge in [-0.25, -0.2) is 9.78 Å². The molecule has 172 valence electrons. The lowest BCUT2D eigenvalue weighted by molar-refractivity contribution is -0.383. The van der Waals surface area contributed by atoms with Gasteiger partial charge in [-0.05, 0) is 62.1 Å². The minimum absolute atomic E-state index is 0.0262. The number of aromatic nitrogens is 1. The Morgan fingerprint density at radius 3 is 2.48 bits per heavy atom. The monoisotopic (exact) mass is 448 g/mol. The standard InChI is InChI=1S/C25H28N4O4/c1-25(2,3)33-24(30)28-14-11-20(12-15-28)27-23-22(29(31)32)21(10-13-26-23)19-9-8-17-6-4-5-7-18(17)16-19/h4-10,13,16,20H,11-12,14-15H2,1-3H3,(H,26,27). The number of ether oxygens (including phenoxy) is 1. The number of rotatable bonds is 4. The van der Waals surface area contributed by atoms with Crippen molar-refractivity contribution in [3.8, 4) is 11.1 Å². The molecule has 1 saturated heterocycles. The Bertz CT molecular complexity index is 1180. The number of nitrogens with zero attached hydrogens (tertiary/aromatic N) is 3. The fraction of sp³-hybridized carbons (Fsp3) is 0.360. The number of piperidine rings is 1. The summed E-state index contributed by atoms with van der Waals surface area (Å²) >= 11 is 0. The number of likely N-dealkylation sites (tertiary alicyclic amines) is 1. The van der Waals surface area contributed by atoms with Gasteiger partial charge in [-0.3, -0.25) is 10.1 Å². The lowest BCUT2D eigenvalue weighted by atomic mass is 10.00. The summed E-state index contributed by atoms with van der Waals surface area (Å²) in [7, 11) is 0. The van der Waals surface area contributed by atoms with Crippen LogP contribution in [0.3, 0.4) is 0 Å². The van der Waals surface area contributed by atoms with Crippen LogP contribution in [-0.2, 0) is 4.74 Å². The molecule has 1 aromatic heterocycles. The maximum Gasteiger partial charge on any atom is 0.410 e. The van der Waals surface area contributed by atoms with Crippen LogP contribution in [0.5, 0.6) is 0 Å². The third kappa shape index (κ3) is 5.22. The van der Waals surface area contributed by atoms with E-state index < -0.39 is 5.60 Å². The molecular formula is C25H28N4O4. The largest absolute Gasteiger partial charge is 0.444 e. The highest BCUT2D eigenvalue weighted by molar-refractivity contribution is 5.90. The fourth-order valence-electron chi connectivity index (χ4n) is 4.06. The van der Waals surface area contributed by atoms with E-state index in [0.717, 1.165) is 16.3 Å². The predicted molar refractivity (Wildman–Crippen MR) is 128 cm³/mol. The number of carbonyl (C=O) groups is 1. The zero-order valence-electron chi connectivity index (χ0n) is 19.1. The average Bonchev–Trinajstić information content (AvgIpc) is 2.78. The van der Waals surface area contributed by atoms with Crippen molar-refractivity contribution >= 4 is 28.4 Å². The fourth-order valence-corrected chi connectivity index (χ4v) is 4.06. The summed E-state index contributed by atoms with van der Waals surface area (Å²) in [6.07, 6.45) is 2.56. The molecule has 1 N–H and O–H groups in total. The average molecular weight is 449 g/mol. The highest BCUT2D eigenvalue weighted by Crippen LogP contribution is 2.36. The van der Waals surface area contributed by atoms with Crippen molar-refractivity contribution in [2.24, 2.45) is 0 Å². The molecule has 1 aliphatic heterocycles. The molecule has 33 heavy (non-hydrogen) atoms. The molecule has 0 unspecified atom stereocenters. The summed E-state index contributed by atoms with van der Waals surface area (Å²) in [6.45, 7) is 6.56. The van der Waals surface area contributed by atoms with Crippen LogP contribution < -0.4 is 5.32 Å². The highest BCUT2D eigenvalue weighted by Gasteiger charge is 2.29. The number of fused-ring (bicyclic) bond motifs is 1. The van der Waals surface area contributed by atoms with E-state index in [1.54, 1.807) is 17.2 Å². The van der Waals surface area contributed by atoms with Crippen molar-refractivity contribution in [1.82, 2.24) is 9.88 Å². The minimum atomic E-state index is -0.542. The number of hydrogen-bond donors (Lipinski definition) is 1. The summed E-state index contributed by atoms with van der Waals surface area (Å²) in [5, 5.41) is 17.4. The van der Waals surface area contributed by atoms with Gasteiger partial charge in [0.1, 0.15) is 5.60 Å². The van der Waals surface area contributed by atoms with Gasteiger partial charge in [-0.2, -0.15) is 0 Å². The Balaban J connectivity index is 1.53. The second-order valence-electron chi connectivity index (χ2n) is 9.26. The number of carbonyl (C=O) groups excluding carboxylic acids is 1. The third-order valence-electron chi connectivity index (χ3n) is 5.65. The highest BCUT2D eigenvalue weighted by atomic mass is 16.6. The Hall–Kier alpha value is -3.68. The smallest absolute Gasteiger partial charge is 0.410 e. The topological polar surface area (TPSA) is 97.6 Å². The van der Waals surface area contributed by atoms with Crippen molar-refractivity contribution in [3.63, 3.8) is 0 Å². The predicted octanol–water partition coefficient (Wildman–Crippen LogP) is 5.62. The molecule has 0 atom stereocenters. The molecule has 0 aliphatic carbocycles. The zero-order chi connectivity index (χ0) is 23.6. The Kier molecular flexibility index (Phi) is 6.18. The molecule has 8 nitrogen and oxygen atoms in total. The van der Waals surface area contributed by atoms with E-state index in [-0.39, 0.29) is 28.6 Å². The lowest BCUT2D eigenvalue weighted by Crippen LogP contribution is -2.44. The van der Waals surface area contributed by atoms with E-state index in [0.29, 0.717) is 31.5 Å². The maximum atomic E-state index is 12.3. The zero-order valence-corrected chi connectivity index (χ0v) is 19.1. The van der Waals surface area contributed by atoms with Gasteiger partial charge in [-0.15, -0.1) is 0 Å². The van der Waals surface area contributed by atoms with E-state index in [1.807, 2.05) is 63.2 Å². The molecule has 3 aromatic rings. The summed E-state index contributed by atoms with van der Waals surface area (Å²) in [6, 6.07) is 15.4. The van der Waals surface area contributed by atoms with E-state index in [2.05, 4.69) is 10.3 Å². The van der Waals surface area contributed by atoms with Crippen LogP contribution >= 0.6 is 0 Å². The number of amides is 1. The van der Waals surface area contributed by atoms with E-state index >= 15 is 0 Å². The van der Waals surface area contributed by atoms with Crippen LogP contribution in [0.25, 0.3) is 21.9 Å². The number of nitrogens with one attached hydrogen (secondary N) is 1. The molecule has 0 spiro atoms. The molecule has 2 heterocycles. The first-order valence-electron chi connectivity index (χ1n) is 11.1. The maximum absolute atomic E-state index is 12.3. The first kappa shape index (κ1) is 22.5. The molecular weight excluding hydrogens is 420 g/mol. The van der Waals surface area contributed by atoms with Crippen LogP contribution in [0.1, 0.15) is 33.6 Å². The molecule has 0 bridgehead atoms. The summed E-state index contributed by atoms with van der Waals surface area (Å²) < 4.78 is 5.44. The van der Waals surface area contributed by atoms with E-state index in [1.165, 1.54) is 0 Å². The second-order valence-corrected chi connectivity index (χ2v) is 9.26. The van der Waals surface area contributed by atoms with Crippen molar-refractivity contribution in [3.05, 3.63) is 64.8 Å². The number of nitro groups is 1. The first-order valence-corrected chi connectivity index (χ1v) is 11.1. The van der Waals surface area contributed by atoms with Gasteiger partial charge in [-0.1, -0.05) is 36.4 Å². The van der Waals surface area contributed by atoms with Gasteiger partial charge in [0, 0.05) is 25.3 Å².